The van der Waals surface area contributed by atoms with E-state index in [-0.39, 0.29) is 0 Å². The first-order chi connectivity index (χ1) is 11.8. The Kier molecular flexibility index (Phi) is 5.63. The number of ether oxygens (including phenoxy) is 2. The van der Waals surface area contributed by atoms with E-state index in [1.54, 1.807) is 7.11 Å². The van der Waals surface area contributed by atoms with Gasteiger partial charge in [-0.3, -0.25) is 0 Å². The standard InChI is InChI=1S/C21H27NO2/c1-3-16-22(17-10-5-4-6-11-17)19-14-9-15-20(23-2)21(19)24-18-12-7-8-13-18/h4-6,9-11,14-15,18H,3,7-8,12-13,16H2,1-2H3. The third kappa shape index (κ3) is 3.66. The second-order valence-corrected chi connectivity index (χ2v) is 6.32. The van der Waals surface area contributed by atoms with Crippen LogP contribution in [0.3, 0.4) is 0 Å². The molecule has 3 rings (SSSR count). The minimum atomic E-state index is 0.305. The highest BCUT2D eigenvalue weighted by molar-refractivity contribution is 5.72. The minimum absolute atomic E-state index is 0.305. The van der Waals surface area contributed by atoms with Crippen LogP contribution in [0.15, 0.2) is 48.5 Å². The normalized spacial score (nSPS) is 14.6. The fourth-order valence-electron chi connectivity index (χ4n) is 3.39. The first-order valence-corrected chi connectivity index (χ1v) is 8.99. The molecule has 0 amide bonds. The van der Waals surface area contributed by atoms with Gasteiger partial charge in [0.1, 0.15) is 0 Å². The second kappa shape index (κ2) is 8.09. The molecule has 0 saturated heterocycles. The number of hydrogen-bond donors (Lipinski definition) is 0. The van der Waals surface area contributed by atoms with Crippen molar-refractivity contribution in [1.82, 2.24) is 0 Å². The van der Waals surface area contributed by atoms with Crippen molar-refractivity contribution < 1.29 is 9.47 Å². The van der Waals surface area contributed by atoms with Crippen LogP contribution >= 0.6 is 0 Å². The van der Waals surface area contributed by atoms with Crippen LogP contribution < -0.4 is 14.4 Å². The lowest BCUT2D eigenvalue weighted by molar-refractivity contribution is 0.201. The Morgan fingerprint density at radius 2 is 1.75 bits per heavy atom. The first kappa shape index (κ1) is 16.7. The van der Waals surface area contributed by atoms with E-state index in [0.717, 1.165) is 43.0 Å². The monoisotopic (exact) mass is 325 g/mol. The van der Waals surface area contributed by atoms with Gasteiger partial charge in [0.2, 0.25) is 0 Å². The molecule has 0 N–H and O–H groups in total. The van der Waals surface area contributed by atoms with Crippen LogP contribution in [0.25, 0.3) is 0 Å². The van der Waals surface area contributed by atoms with Crippen molar-refractivity contribution in [3.05, 3.63) is 48.5 Å². The Morgan fingerprint density at radius 3 is 2.42 bits per heavy atom. The highest BCUT2D eigenvalue weighted by Gasteiger charge is 2.23. The van der Waals surface area contributed by atoms with Gasteiger partial charge in [-0.05, 0) is 56.4 Å². The number of methoxy groups -OCH3 is 1. The summed E-state index contributed by atoms with van der Waals surface area (Å²) in [5.41, 5.74) is 2.28. The number of para-hydroxylation sites is 2. The van der Waals surface area contributed by atoms with Gasteiger partial charge in [-0.2, -0.15) is 0 Å². The fraction of sp³-hybridized carbons (Fsp3) is 0.429. The van der Waals surface area contributed by atoms with Crippen LogP contribution in [0.4, 0.5) is 11.4 Å². The number of nitrogens with zero attached hydrogens (tertiary/aromatic N) is 1. The van der Waals surface area contributed by atoms with Crippen LogP contribution in [-0.2, 0) is 0 Å². The smallest absolute Gasteiger partial charge is 0.185 e. The summed E-state index contributed by atoms with van der Waals surface area (Å²) in [7, 11) is 1.72. The Hall–Kier alpha value is -2.16. The fourth-order valence-corrected chi connectivity index (χ4v) is 3.39. The predicted octanol–water partition coefficient (Wildman–Crippen LogP) is 5.56. The summed E-state index contributed by atoms with van der Waals surface area (Å²) in [4.78, 5) is 2.33. The van der Waals surface area contributed by atoms with Crippen molar-refractivity contribution in [3.63, 3.8) is 0 Å². The van der Waals surface area contributed by atoms with Crippen LogP contribution in [0, 0.1) is 0 Å². The molecule has 0 atom stereocenters. The summed E-state index contributed by atoms with van der Waals surface area (Å²) in [5, 5.41) is 0. The summed E-state index contributed by atoms with van der Waals surface area (Å²) < 4.78 is 12.0. The van der Waals surface area contributed by atoms with Crippen molar-refractivity contribution in [2.75, 3.05) is 18.6 Å². The summed E-state index contributed by atoms with van der Waals surface area (Å²) >= 11 is 0. The quantitative estimate of drug-likeness (QED) is 0.665. The zero-order valence-electron chi connectivity index (χ0n) is 14.7. The zero-order chi connectivity index (χ0) is 16.8. The maximum absolute atomic E-state index is 6.41. The summed E-state index contributed by atoms with van der Waals surface area (Å²) in [6.45, 7) is 3.14. The summed E-state index contributed by atoms with van der Waals surface area (Å²) in [6, 6.07) is 16.7. The van der Waals surface area contributed by atoms with Crippen LogP contribution in [0.2, 0.25) is 0 Å². The maximum Gasteiger partial charge on any atom is 0.185 e. The average Bonchev–Trinajstić information content (AvgIpc) is 3.14. The van der Waals surface area contributed by atoms with Crippen LogP contribution in [-0.4, -0.2) is 19.8 Å². The van der Waals surface area contributed by atoms with E-state index in [4.69, 9.17) is 9.47 Å². The third-order valence-electron chi connectivity index (χ3n) is 4.57. The third-order valence-corrected chi connectivity index (χ3v) is 4.57. The molecule has 1 aliphatic rings. The van der Waals surface area contributed by atoms with E-state index in [0.29, 0.717) is 6.10 Å². The molecule has 1 aliphatic carbocycles. The lowest BCUT2D eigenvalue weighted by atomic mass is 10.2. The molecule has 2 aromatic rings. The molecule has 0 aromatic heterocycles. The molecule has 1 fully saturated rings. The lowest BCUT2D eigenvalue weighted by Crippen LogP contribution is -2.20. The number of rotatable bonds is 7. The van der Waals surface area contributed by atoms with E-state index in [1.165, 1.54) is 18.5 Å². The zero-order valence-corrected chi connectivity index (χ0v) is 14.7. The molecular weight excluding hydrogens is 298 g/mol. The van der Waals surface area contributed by atoms with Crippen molar-refractivity contribution >= 4 is 11.4 Å². The molecule has 0 aliphatic heterocycles. The van der Waals surface area contributed by atoms with Gasteiger partial charge < -0.3 is 14.4 Å². The van der Waals surface area contributed by atoms with Crippen molar-refractivity contribution in [3.8, 4) is 11.5 Å². The molecule has 0 bridgehead atoms. The predicted molar refractivity (Wildman–Crippen MR) is 99.6 cm³/mol. The molecule has 24 heavy (non-hydrogen) atoms. The Labute approximate surface area is 145 Å². The van der Waals surface area contributed by atoms with E-state index in [2.05, 4.69) is 48.2 Å². The molecule has 1 saturated carbocycles. The van der Waals surface area contributed by atoms with Gasteiger partial charge in [0.25, 0.3) is 0 Å². The highest BCUT2D eigenvalue weighted by Crippen LogP contribution is 2.42. The molecule has 3 nitrogen and oxygen atoms in total. The van der Waals surface area contributed by atoms with Gasteiger partial charge >= 0.3 is 0 Å². The number of anilines is 2. The van der Waals surface area contributed by atoms with Gasteiger partial charge in [-0.25, -0.2) is 0 Å². The minimum Gasteiger partial charge on any atom is -0.493 e. The molecule has 0 heterocycles. The van der Waals surface area contributed by atoms with Crippen LogP contribution in [0.1, 0.15) is 39.0 Å². The van der Waals surface area contributed by atoms with Crippen LogP contribution in [0.5, 0.6) is 11.5 Å². The largest absolute Gasteiger partial charge is 0.493 e. The highest BCUT2D eigenvalue weighted by atomic mass is 16.5. The van der Waals surface area contributed by atoms with E-state index in [9.17, 15) is 0 Å². The number of benzene rings is 2. The molecule has 2 aromatic carbocycles. The topological polar surface area (TPSA) is 21.7 Å². The van der Waals surface area contributed by atoms with Crippen molar-refractivity contribution in [2.45, 2.75) is 45.1 Å². The van der Waals surface area contributed by atoms with Gasteiger partial charge in [0.15, 0.2) is 11.5 Å². The van der Waals surface area contributed by atoms with Gasteiger partial charge in [-0.15, -0.1) is 0 Å². The maximum atomic E-state index is 6.41. The Morgan fingerprint density at radius 1 is 1.00 bits per heavy atom. The molecular formula is C21H27NO2. The SMILES string of the molecule is CCCN(c1ccccc1)c1cccc(OC)c1OC1CCCC1. The lowest BCUT2D eigenvalue weighted by Gasteiger charge is -2.28. The second-order valence-electron chi connectivity index (χ2n) is 6.32. The summed E-state index contributed by atoms with van der Waals surface area (Å²) in [5.74, 6) is 1.70. The van der Waals surface area contributed by atoms with E-state index >= 15 is 0 Å². The molecule has 3 heteroatoms. The van der Waals surface area contributed by atoms with Crippen molar-refractivity contribution in [2.24, 2.45) is 0 Å². The van der Waals surface area contributed by atoms with E-state index < -0.39 is 0 Å². The Bertz CT molecular complexity index is 636. The summed E-state index contributed by atoms with van der Waals surface area (Å²) in [6.07, 6.45) is 6.15. The van der Waals surface area contributed by atoms with Gasteiger partial charge in [-0.1, -0.05) is 31.2 Å². The van der Waals surface area contributed by atoms with Crippen molar-refractivity contribution in [1.29, 1.82) is 0 Å². The molecule has 0 unspecified atom stereocenters. The van der Waals surface area contributed by atoms with Gasteiger partial charge in [0, 0.05) is 12.2 Å². The number of hydrogen-bond acceptors (Lipinski definition) is 3. The molecule has 128 valence electrons. The Balaban J connectivity index is 2.00. The first-order valence-electron chi connectivity index (χ1n) is 8.99. The average molecular weight is 325 g/mol. The molecule has 0 radical (unpaired) electrons. The van der Waals surface area contributed by atoms with E-state index in [1.807, 2.05) is 12.1 Å². The van der Waals surface area contributed by atoms with Gasteiger partial charge in [0.05, 0.1) is 18.9 Å². The molecule has 0 spiro atoms.